The van der Waals surface area contributed by atoms with Crippen LogP contribution in [0.25, 0.3) is 0 Å². The minimum absolute atomic E-state index is 0.0102. The van der Waals surface area contributed by atoms with E-state index >= 15 is 0 Å². The van der Waals surface area contributed by atoms with Crippen molar-refractivity contribution < 1.29 is 40.2 Å². The monoisotopic (exact) mass is 487 g/mol. The van der Waals surface area contributed by atoms with Crippen molar-refractivity contribution in [1.29, 1.82) is 0 Å². The highest BCUT2D eigenvalue weighted by Gasteiger charge is 2.15. The molecule has 0 heterocycles. The van der Waals surface area contributed by atoms with Gasteiger partial charge in [0.1, 0.15) is 17.2 Å². The van der Waals surface area contributed by atoms with E-state index in [0.29, 0.717) is 0 Å². The van der Waals surface area contributed by atoms with Crippen LogP contribution in [-0.4, -0.2) is 51.9 Å². The van der Waals surface area contributed by atoms with Gasteiger partial charge in [-0.05, 0) is 24.3 Å². The molecule has 0 saturated carbocycles. The fourth-order valence-corrected chi connectivity index (χ4v) is 3.16. The second-order valence-corrected chi connectivity index (χ2v) is 8.60. The predicted octanol–water partition coefficient (Wildman–Crippen LogP) is 1.19. The van der Waals surface area contributed by atoms with Crippen LogP contribution >= 0.6 is 0 Å². The first-order valence-corrected chi connectivity index (χ1v) is 11.1. The third-order valence-electron chi connectivity index (χ3n) is 3.67. The minimum atomic E-state index is -4.48. The molecule has 0 unspecified atom stereocenters. The van der Waals surface area contributed by atoms with E-state index in [9.17, 15) is 21.6 Å². The maximum atomic E-state index is 11.6. The van der Waals surface area contributed by atoms with Crippen LogP contribution in [0.15, 0.2) is 61.5 Å². The highest BCUT2D eigenvalue weighted by Crippen LogP contribution is 2.30. The number of benzene rings is 2. The van der Waals surface area contributed by atoms with Crippen molar-refractivity contribution in [2.45, 2.75) is 9.79 Å². The van der Waals surface area contributed by atoms with E-state index < -0.39 is 41.8 Å². The normalized spacial score (nSPS) is 12.6. The van der Waals surface area contributed by atoms with Gasteiger partial charge in [-0.2, -0.15) is 16.8 Å². The van der Waals surface area contributed by atoms with Crippen LogP contribution in [0.4, 0.5) is 11.4 Å². The number of carbonyl (C=O) groups excluding carboxylic acids is 1. The number of amidine groups is 1. The summed E-state index contributed by atoms with van der Waals surface area (Å²) in [7, 11) is -6.50. The molecule has 0 aliphatic heterocycles. The molecule has 0 saturated heterocycles. The summed E-state index contributed by atoms with van der Waals surface area (Å²) in [5.41, 5.74) is 7.71. The Labute approximate surface area is 182 Å². The smallest absolute Gasteiger partial charge is 0.294 e. The summed E-state index contributed by atoms with van der Waals surface area (Å²) in [6.07, 6.45) is 0. The van der Waals surface area contributed by atoms with Gasteiger partial charge < -0.3 is 15.2 Å². The number of nitrogens with zero attached hydrogens (tertiary/aromatic N) is 3. The van der Waals surface area contributed by atoms with E-state index in [2.05, 4.69) is 20.8 Å². The number of methoxy groups -OCH3 is 2. The number of nitrogens with one attached hydrogen (secondary N) is 1. The van der Waals surface area contributed by atoms with Crippen LogP contribution in [0.5, 0.6) is 11.5 Å². The number of ether oxygens (including phenoxy) is 2. The standard InChI is InChI=1S/C16H17N5O9S2/c1-29-13-7-9(31(23,24)25)3-5-11(13)18-20-16(15(17)22)21-19-12-6-4-10(32(26,27)28)8-14(12)30-2/h3-8,18H,1-2H3,(H2,17,22)(H,23,24,25)(H,26,27,28)/b20-16-,21-19?. The van der Waals surface area contributed by atoms with Gasteiger partial charge in [0.2, 0.25) is 0 Å². The number of hydrogen-bond donors (Lipinski definition) is 4. The van der Waals surface area contributed by atoms with Crippen molar-refractivity contribution in [3.63, 3.8) is 0 Å². The summed E-state index contributed by atoms with van der Waals surface area (Å²) in [5, 5.41) is 11.0. The number of azo groups is 1. The Hall–Kier alpha value is -3.60. The molecule has 32 heavy (non-hydrogen) atoms. The zero-order valence-corrected chi connectivity index (χ0v) is 18.1. The van der Waals surface area contributed by atoms with Gasteiger partial charge in [-0.3, -0.25) is 19.3 Å². The minimum Gasteiger partial charge on any atom is -0.494 e. The highest BCUT2D eigenvalue weighted by molar-refractivity contribution is 7.86. The summed E-state index contributed by atoms with van der Waals surface area (Å²) in [4.78, 5) is 10.8. The molecule has 0 spiro atoms. The number of anilines is 1. The molecule has 0 bridgehead atoms. The lowest BCUT2D eigenvalue weighted by atomic mass is 10.3. The maximum Gasteiger partial charge on any atom is 0.294 e. The third kappa shape index (κ3) is 6.20. The number of hydrazone groups is 1. The molecular weight excluding hydrogens is 470 g/mol. The van der Waals surface area contributed by atoms with Gasteiger partial charge in [0.15, 0.2) is 0 Å². The Morgan fingerprint density at radius 2 is 1.47 bits per heavy atom. The van der Waals surface area contributed by atoms with Gasteiger partial charge in [-0.25, -0.2) is 0 Å². The molecule has 0 radical (unpaired) electrons. The number of hydrogen-bond acceptors (Lipinski definition) is 10. The molecular formula is C16H17N5O9S2. The first kappa shape index (κ1) is 24.7. The Bertz CT molecular complexity index is 1310. The molecule has 1 amide bonds. The largest absolute Gasteiger partial charge is 0.494 e. The first-order valence-electron chi connectivity index (χ1n) is 8.23. The SMILES string of the molecule is COc1cc(S(=O)(=O)O)ccc1N=N/C(=N\Nc1ccc(S(=O)(=O)O)cc1OC)C(N)=O. The first-order chi connectivity index (χ1) is 14.9. The number of primary amides is 1. The molecule has 172 valence electrons. The molecule has 0 fully saturated rings. The van der Waals surface area contributed by atoms with Crippen LogP contribution in [0.1, 0.15) is 0 Å². The van der Waals surface area contributed by atoms with Crippen molar-refractivity contribution >= 4 is 43.4 Å². The van der Waals surface area contributed by atoms with E-state index in [1.54, 1.807) is 0 Å². The van der Waals surface area contributed by atoms with Gasteiger partial charge in [-0.15, -0.1) is 15.3 Å². The van der Waals surface area contributed by atoms with E-state index in [4.69, 9.17) is 24.3 Å². The molecule has 0 aliphatic rings. The quantitative estimate of drug-likeness (QED) is 0.144. The molecule has 2 aromatic rings. The number of rotatable bonds is 7. The second kappa shape index (κ2) is 9.69. The molecule has 2 aromatic carbocycles. The summed E-state index contributed by atoms with van der Waals surface area (Å²) in [5.74, 6) is -1.83. The molecule has 2 rings (SSSR count). The topological polar surface area (TPSA) is 219 Å². The van der Waals surface area contributed by atoms with Crippen molar-refractivity contribution in [3.05, 3.63) is 36.4 Å². The predicted molar refractivity (Wildman–Crippen MR) is 110 cm³/mol. The second-order valence-electron chi connectivity index (χ2n) is 5.76. The van der Waals surface area contributed by atoms with Crippen LogP contribution in [0, 0.1) is 0 Å². The Kier molecular flexibility index (Phi) is 7.47. The maximum absolute atomic E-state index is 11.6. The molecule has 16 heteroatoms. The van der Waals surface area contributed by atoms with E-state index in [1.165, 1.54) is 20.3 Å². The fraction of sp³-hybridized carbons (Fsp3) is 0.125. The Morgan fingerprint density at radius 1 is 0.938 bits per heavy atom. The van der Waals surface area contributed by atoms with Crippen molar-refractivity contribution in [1.82, 2.24) is 0 Å². The van der Waals surface area contributed by atoms with Crippen LogP contribution in [0.3, 0.4) is 0 Å². The molecule has 0 aliphatic carbocycles. The summed E-state index contributed by atoms with van der Waals surface area (Å²) in [6, 6.07) is 6.47. The van der Waals surface area contributed by atoms with Gasteiger partial charge in [-0.1, -0.05) is 0 Å². The average Bonchev–Trinajstić information content (AvgIpc) is 2.71. The number of carbonyl (C=O) groups is 1. The van der Waals surface area contributed by atoms with E-state index in [-0.39, 0.29) is 22.9 Å². The van der Waals surface area contributed by atoms with Gasteiger partial charge in [0.25, 0.3) is 32.0 Å². The van der Waals surface area contributed by atoms with Gasteiger partial charge in [0, 0.05) is 12.1 Å². The van der Waals surface area contributed by atoms with Crippen molar-refractivity contribution in [2.75, 3.05) is 19.6 Å². The van der Waals surface area contributed by atoms with Crippen LogP contribution in [0.2, 0.25) is 0 Å². The molecule has 0 atom stereocenters. The van der Waals surface area contributed by atoms with Gasteiger partial charge >= 0.3 is 0 Å². The van der Waals surface area contributed by atoms with Gasteiger partial charge in [0.05, 0.1) is 29.7 Å². The lowest BCUT2D eigenvalue weighted by molar-refractivity contribution is -0.112. The van der Waals surface area contributed by atoms with Crippen LogP contribution in [-0.2, 0) is 25.0 Å². The highest BCUT2D eigenvalue weighted by atomic mass is 32.2. The Balaban J connectivity index is 2.36. The van der Waals surface area contributed by atoms with Crippen molar-refractivity contribution in [3.8, 4) is 11.5 Å². The fourth-order valence-electron chi connectivity index (χ4n) is 2.17. The van der Waals surface area contributed by atoms with E-state index in [1.807, 2.05) is 0 Å². The average molecular weight is 487 g/mol. The summed E-state index contributed by atoms with van der Waals surface area (Å²) in [6.45, 7) is 0. The summed E-state index contributed by atoms with van der Waals surface area (Å²) >= 11 is 0. The van der Waals surface area contributed by atoms with Crippen LogP contribution < -0.4 is 20.6 Å². The Morgan fingerprint density at radius 3 is 1.97 bits per heavy atom. The summed E-state index contributed by atoms with van der Waals surface area (Å²) < 4.78 is 73.1. The van der Waals surface area contributed by atoms with Crippen molar-refractivity contribution in [2.24, 2.45) is 21.1 Å². The zero-order chi connectivity index (χ0) is 24.1. The third-order valence-corrected chi connectivity index (χ3v) is 5.37. The molecule has 0 aromatic heterocycles. The molecule has 14 nitrogen and oxygen atoms in total. The number of amides is 1. The zero-order valence-electron chi connectivity index (χ0n) is 16.5. The molecule has 5 N–H and O–H groups in total. The lowest BCUT2D eigenvalue weighted by Crippen LogP contribution is -2.22. The lowest BCUT2D eigenvalue weighted by Gasteiger charge is -2.09. The number of nitrogens with two attached hydrogens (primary N) is 1. The van der Waals surface area contributed by atoms with E-state index in [0.717, 1.165) is 30.3 Å².